The second-order valence-electron chi connectivity index (χ2n) is 3.91. The molecule has 1 heterocycles. The lowest BCUT2D eigenvalue weighted by Gasteiger charge is -2.06. The quantitative estimate of drug-likeness (QED) is 0.854. The van der Waals surface area contributed by atoms with Crippen LogP contribution in [0.3, 0.4) is 0 Å². The van der Waals surface area contributed by atoms with E-state index in [0.717, 1.165) is 0 Å². The van der Waals surface area contributed by atoms with E-state index in [2.05, 4.69) is 10.3 Å². The van der Waals surface area contributed by atoms with Crippen LogP contribution < -0.4 is 11.1 Å². The van der Waals surface area contributed by atoms with E-state index < -0.39 is 5.91 Å². The maximum Gasteiger partial charge on any atom is 0.274 e. The number of amides is 1. The Morgan fingerprint density at radius 1 is 1.15 bits per heavy atom. The van der Waals surface area contributed by atoms with Gasteiger partial charge in [0.05, 0.1) is 11.1 Å². The third-order valence-electron chi connectivity index (χ3n) is 2.53. The topological polar surface area (TPSA) is 116 Å². The minimum Gasteiger partial charge on any atom is -0.399 e. The summed E-state index contributed by atoms with van der Waals surface area (Å²) in [5, 5.41) is 20.3. The molecule has 1 aromatic carbocycles. The van der Waals surface area contributed by atoms with Crippen LogP contribution in [0.15, 0.2) is 36.5 Å². The van der Waals surface area contributed by atoms with Crippen molar-refractivity contribution in [3.05, 3.63) is 53.3 Å². The van der Waals surface area contributed by atoms with E-state index in [1.54, 1.807) is 12.1 Å². The summed E-state index contributed by atoms with van der Waals surface area (Å²) in [5.74, 6) is -0.439. The van der Waals surface area contributed by atoms with E-state index in [-0.39, 0.29) is 16.8 Å². The lowest BCUT2D eigenvalue weighted by atomic mass is 10.1. The molecule has 6 heteroatoms. The predicted octanol–water partition coefficient (Wildman–Crippen LogP) is 1.66. The average Bonchev–Trinajstić information content (AvgIpc) is 2.47. The zero-order valence-electron chi connectivity index (χ0n) is 10.3. The first-order chi connectivity index (χ1) is 9.63. The Bertz CT molecular complexity index is 755. The van der Waals surface area contributed by atoms with Crippen molar-refractivity contribution in [2.75, 3.05) is 11.1 Å². The highest BCUT2D eigenvalue weighted by molar-refractivity contribution is 6.03. The molecule has 20 heavy (non-hydrogen) atoms. The number of nitrogen functional groups attached to an aromatic ring is 1. The van der Waals surface area contributed by atoms with E-state index in [0.29, 0.717) is 11.4 Å². The first-order valence-corrected chi connectivity index (χ1v) is 5.61. The number of aromatic nitrogens is 1. The number of hydrogen-bond acceptors (Lipinski definition) is 5. The Kier molecular flexibility index (Phi) is 3.60. The molecule has 0 saturated heterocycles. The maximum atomic E-state index is 11.9. The van der Waals surface area contributed by atoms with Crippen molar-refractivity contribution in [1.82, 2.24) is 4.98 Å². The van der Waals surface area contributed by atoms with Gasteiger partial charge in [0.25, 0.3) is 5.91 Å². The fourth-order valence-corrected chi connectivity index (χ4v) is 1.58. The molecule has 6 nitrogen and oxygen atoms in total. The van der Waals surface area contributed by atoms with Gasteiger partial charge in [0, 0.05) is 17.6 Å². The largest absolute Gasteiger partial charge is 0.399 e. The number of carbonyl (C=O) groups excluding carboxylic acids is 1. The molecule has 0 unspecified atom stereocenters. The highest BCUT2D eigenvalue weighted by atomic mass is 16.1. The van der Waals surface area contributed by atoms with Crippen LogP contribution in [0.2, 0.25) is 0 Å². The Labute approximate surface area is 115 Å². The summed E-state index contributed by atoms with van der Waals surface area (Å²) in [7, 11) is 0. The van der Waals surface area contributed by atoms with E-state index in [1.165, 1.54) is 24.4 Å². The molecule has 0 saturated carbocycles. The van der Waals surface area contributed by atoms with Gasteiger partial charge in [0.15, 0.2) is 0 Å². The Morgan fingerprint density at radius 3 is 2.55 bits per heavy atom. The standard InChI is InChI=1S/C14H9N5O/c15-7-9-1-2-12(5-10(9)8-16)19-14(20)13-6-11(17)3-4-18-13/h1-6H,(H2,17,18)(H,19,20). The zero-order valence-corrected chi connectivity index (χ0v) is 10.3. The van der Waals surface area contributed by atoms with Crippen LogP contribution in [-0.2, 0) is 0 Å². The summed E-state index contributed by atoms with van der Waals surface area (Å²) >= 11 is 0. The second-order valence-corrected chi connectivity index (χ2v) is 3.91. The highest BCUT2D eigenvalue weighted by Gasteiger charge is 2.09. The van der Waals surface area contributed by atoms with Gasteiger partial charge in [-0.1, -0.05) is 0 Å². The summed E-state index contributed by atoms with van der Waals surface area (Å²) in [6, 6.07) is 11.3. The van der Waals surface area contributed by atoms with Crippen LogP contribution in [0.4, 0.5) is 11.4 Å². The smallest absolute Gasteiger partial charge is 0.274 e. The van der Waals surface area contributed by atoms with Gasteiger partial charge in [-0.05, 0) is 30.3 Å². The molecule has 96 valence electrons. The Balaban J connectivity index is 2.25. The molecule has 0 spiro atoms. The van der Waals surface area contributed by atoms with Gasteiger partial charge >= 0.3 is 0 Å². The number of pyridine rings is 1. The molecule has 0 atom stereocenters. The second kappa shape index (κ2) is 5.51. The summed E-state index contributed by atoms with van der Waals surface area (Å²) in [5.41, 5.74) is 7.05. The summed E-state index contributed by atoms with van der Waals surface area (Å²) in [4.78, 5) is 15.8. The molecule has 1 amide bonds. The van der Waals surface area contributed by atoms with Crippen LogP contribution in [-0.4, -0.2) is 10.9 Å². The van der Waals surface area contributed by atoms with Crippen LogP contribution in [0.5, 0.6) is 0 Å². The normalized spacial score (nSPS) is 9.30. The summed E-state index contributed by atoms with van der Waals surface area (Å²) < 4.78 is 0. The molecule has 0 bridgehead atoms. The fraction of sp³-hybridized carbons (Fsp3) is 0. The molecule has 0 aliphatic carbocycles. The van der Waals surface area contributed by atoms with Crippen molar-refractivity contribution in [3.63, 3.8) is 0 Å². The van der Waals surface area contributed by atoms with Crippen molar-refractivity contribution in [2.45, 2.75) is 0 Å². The minimum atomic E-state index is -0.439. The van der Waals surface area contributed by atoms with Gasteiger partial charge < -0.3 is 11.1 Å². The van der Waals surface area contributed by atoms with Gasteiger partial charge in [0.2, 0.25) is 0 Å². The van der Waals surface area contributed by atoms with Gasteiger partial charge in [0.1, 0.15) is 17.8 Å². The van der Waals surface area contributed by atoms with Crippen molar-refractivity contribution >= 4 is 17.3 Å². The van der Waals surface area contributed by atoms with Crippen LogP contribution >= 0.6 is 0 Å². The summed E-state index contributed by atoms with van der Waals surface area (Å²) in [6.07, 6.45) is 1.43. The molecule has 3 N–H and O–H groups in total. The SMILES string of the molecule is N#Cc1ccc(NC(=O)c2cc(N)ccn2)cc1C#N. The number of nitrogens with two attached hydrogens (primary N) is 1. The highest BCUT2D eigenvalue weighted by Crippen LogP contribution is 2.15. The lowest BCUT2D eigenvalue weighted by molar-refractivity contribution is 0.102. The van der Waals surface area contributed by atoms with Crippen molar-refractivity contribution in [1.29, 1.82) is 10.5 Å². The lowest BCUT2D eigenvalue weighted by Crippen LogP contribution is -2.14. The molecule has 0 radical (unpaired) electrons. The molecule has 1 aromatic heterocycles. The average molecular weight is 263 g/mol. The van der Waals surface area contributed by atoms with E-state index >= 15 is 0 Å². The molecule has 0 fully saturated rings. The zero-order chi connectivity index (χ0) is 14.5. The van der Waals surface area contributed by atoms with Gasteiger partial charge in [-0.25, -0.2) is 0 Å². The third-order valence-corrected chi connectivity index (χ3v) is 2.53. The van der Waals surface area contributed by atoms with Crippen molar-refractivity contribution in [2.24, 2.45) is 0 Å². The third kappa shape index (κ3) is 2.71. The van der Waals surface area contributed by atoms with Gasteiger partial charge in [-0.3, -0.25) is 9.78 Å². The number of carbonyl (C=O) groups is 1. The predicted molar refractivity (Wildman–Crippen MR) is 72.5 cm³/mol. The molecule has 0 aliphatic heterocycles. The van der Waals surface area contributed by atoms with Gasteiger partial charge in [-0.15, -0.1) is 0 Å². The van der Waals surface area contributed by atoms with Crippen LogP contribution in [0.1, 0.15) is 21.6 Å². The monoisotopic (exact) mass is 263 g/mol. The number of nitrogens with one attached hydrogen (secondary N) is 1. The maximum absolute atomic E-state index is 11.9. The first-order valence-electron chi connectivity index (χ1n) is 5.61. The first kappa shape index (κ1) is 13.1. The number of rotatable bonds is 2. The number of anilines is 2. The minimum absolute atomic E-state index is 0.174. The molecule has 0 aliphatic rings. The summed E-state index contributed by atoms with van der Waals surface area (Å²) in [6.45, 7) is 0. The molecular weight excluding hydrogens is 254 g/mol. The number of hydrogen-bond donors (Lipinski definition) is 2. The fourth-order valence-electron chi connectivity index (χ4n) is 1.58. The Hall–Kier alpha value is -3.38. The Morgan fingerprint density at radius 2 is 1.90 bits per heavy atom. The van der Waals surface area contributed by atoms with Crippen LogP contribution in [0, 0.1) is 22.7 Å². The van der Waals surface area contributed by atoms with E-state index in [4.69, 9.17) is 16.3 Å². The molecular formula is C14H9N5O. The number of nitrogens with zero attached hydrogens (tertiary/aromatic N) is 3. The number of nitriles is 2. The van der Waals surface area contributed by atoms with Crippen molar-refractivity contribution < 1.29 is 4.79 Å². The van der Waals surface area contributed by atoms with E-state index in [9.17, 15) is 4.79 Å². The van der Waals surface area contributed by atoms with Crippen molar-refractivity contribution in [3.8, 4) is 12.1 Å². The number of benzene rings is 1. The van der Waals surface area contributed by atoms with Crippen LogP contribution in [0.25, 0.3) is 0 Å². The van der Waals surface area contributed by atoms with E-state index in [1.807, 2.05) is 12.1 Å². The molecule has 2 rings (SSSR count). The molecule has 2 aromatic rings. The van der Waals surface area contributed by atoms with Gasteiger partial charge in [-0.2, -0.15) is 10.5 Å².